The fraction of sp³-hybridized carbons (Fsp3) is 0.333. The first-order valence-electron chi connectivity index (χ1n) is 14.7. The molecule has 240 valence electrons. The van der Waals surface area contributed by atoms with Crippen LogP contribution in [0, 0.1) is 25.7 Å². The van der Waals surface area contributed by atoms with E-state index in [2.05, 4.69) is 42.4 Å². The van der Waals surface area contributed by atoms with Crippen molar-refractivity contribution in [1.29, 1.82) is 0 Å². The Hall–Kier alpha value is -4.80. The number of halogens is 4. The number of carbonyl (C=O) groups excluding carboxylic acids is 1. The van der Waals surface area contributed by atoms with Crippen molar-refractivity contribution in [2.24, 2.45) is 0 Å². The normalized spacial score (nSPS) is 14.1. The Bertz CT molecular complexity index is 1750. The highest BCUT2D eigenvalue weighted by Crippen LogP contribution is 2.35. The van der Waals surface area contributed by atoms with E-state index in [4.69, 9.17) is 0 Å². The third-order valence-corrected chi connectivity index (χ3v) is 7.80. The number of piperazine rings is 1. The van der Waals surface area contributed by atoms with Crippen molar-refractivity contribution in [3.63, 3.8) is 0 Å². The molecule has 2 N–H and O–H groups in total. The molecule has 1 aliphatic heterocycles. The summed E-state index contributed by atoms with van der Waals surface area (Å²) in [5.74, 6) is 5.78. The number of nitrogens with zero attached hydrogens (tertiary/aromatic N) is 6. The van der Waals surface area contributed by atoms with Crippen LogP contribution in [-0.4, -0.2) is 75.4 Å². The summed E-state index contributed by atoms with van der Waals surface area (Å²) in [6.07, 6.45) is 0.0989. The maximum atomic E-state index is 14.0. The van der Waals surface area contributed by atoms with E-state index in [0.717, 1.165) is 30.4 Å². The summed E-state index contributed by atoms with van der Waals surface area (Å²) < 4.78 is 56.2. The van der Waals surface area contributed by atoms with Gasteiger partial charge in [-0.25, -0.2) is 14.4 Å². The molecule has 0 atom stereocenters. The van der Waals surface area contributed by atoms with Crippen molar-refractivity contribution in [1.82, 2.24) is 29.5 Å². The van der Waals surface area contributed by atoms with E-state index >= 15 is 0 Å². The summed E-state index contributed by atoms with van der Waals surface area (Å²) in [4.78, 5) is 25.8. The van der Waals surface area contributed by atoms with Gasteiger partial charge in [0.05, 0.1) is 35.2 Å². The predicted molar refractivity (Wildman–Crippen MR) is 168 cm³/mol. The van der Waals surface area contributed by atoms with Crippen molar-refractivity contribution in [2.45, 2.75) is 33.1 Å². The fourth-order valence-corrected chi connectivity index (χ4v) is 5.00. The topological polar surface area (TPSA) is 91.2 Å². The van der Waals surface area contributed by atoms with Crippen LogP contribution in [0.5, 0.6) is 0 Å². The van der Waals surface area contributed by atoms with Crippen LogP contribution in [0.25, 0.3) is 0 Å². The van der Waals surface area contributed by atoms with Crippen LogP contribution in [0.1, 0.15) is 43.9 Å². The molecule has 0 unspecified atom stereocenters. The minimum atomic E-state index is -4.56. The first-order valence-corrected chi connectivity index (χ1v) is 14.7. The molecule has 1 amide bonds. The zero-order chi connectivity index (χ0) is 32.8. The third-order valence-electron chi connectivity index (χ3n) is 7.80. The smallest absolute Gasteiger partial charge is 0.322 e. The van der Waals surface area contributed by atoms with Gasteiger partial charge < -0.3 is 15.5 Å². The molecule has 0 spiro atoms. The Morgan fingerprint density at radius 3 is 2.41 bits per heavy atom. The number of rotatable bonds is 8. The summed E-state index contributed by atoms with van der Waals surface area (Å²) >= 11 is 0. The average Bonchev–Trinajstić information content (AvgIpc) is 3.37. The highest BCUT2D eigenvalue weighted by Gasteiger charge is 2.34. The van der Waals surface area contributed by atoms with Crippen LogP contribution in [-0.2, 0) is 19.3 Å². The van der Waals surface area contributed by atoms with Gasteiger partial charge in [-0.2, -0.15) is 18.3 Å². The Morgan fingerprint density at radius 1 is 0.978 bits per heavy atom. The first-order chi connectivity index (χ1) is 22.0. The van der Waals surface area contributed by atoms with E-state index in [0.29, 0.717) is 35.9 Å². The Balaban J connectivity index is 1.27. The lowest BCUT2D eigenvalue weighted by atomic mass is 10.0. The van der Waals surface area contributed by atoms with Crippen molar-refractivity contribution in [3.8, 4) is 11.8 Å². The number of aromatic nitrogens is 4. The van der Waals surface area contributed by atoms with Crippen LogP contribution in [0.15, 0.2) is 55.0 Å². The molecule has 1 aliphatic rings. The largest absolute Gasteiger partial charge is 0.416 e. The van der Waals surface area contributed by atoms with Gasteiger partial charge in [-0.15, -0.1) is 0 Å². The van der Waals surface area contributed by atoms with Crippen LogP contribution in [0.2, 0.25) is 0 Å². The summed E-state index contributed by atoms with van der Waals surface area (Å²) in [6, 6.07) is 8.86. The van der Waals surface area contributed by atoms with Crippen molar-refractivity contribution in [3.05, 3.63) is 94.1 Å². The van der Waals surface area contributed by atoms with Gasteiger partial charge in [-0.3, -0.25) is 14.4 Å². The lowest BCUT2D eigenvalue weighted by Gasteiger charge is -2.33. The molecule has 0 bridgehead atoms. The highest BCUT2D eigenvalue weighted by atomic mass is 19.4. The third kappa shape index (κ3) is 8.07. The number of nitrogens with one attached hydrogen (secondary N) is 2. The molecule has 0 radical (unpaired) electrons. The van der Waals surface area contributed by atoms with Crippen LogP contribution >= 0.6 is 0 Å². The summed E-state index contributed by atoms with van der Waals surface area (Å²) in [6.45, 7) is 6.47. The van der Waals surface area contributed by atoms with Gasteiger partial charge in [-0.1, -0.05) is 24.0 Å². The number of anilines is 3. The monoisotopic (exact) mass is 634 g/mol. The Morgan fingerprint density at radius 2 is 1.72 bits per heavy atom. The SMILES string of the molecule is Cc1ccc(C(=O)Nc2ccc(CN3CCN(C)CC3)c(C(F)(F)F)c2)cc1C#Cc1cnc(Nc2cnn(CCF)c2C)nc1. The maximum Gasteiger partial charge on any atom is 0.416 e. The minimum Gasteiger partial charge on any atom is -0.322 e. The molecule has 0 aliphatic carbocycles. The lowest BCUT2D eigenvalue weighted by Crippen LogP contribution is -2.44. The summed E-state index contributed by atoms with van der Waals surface area (Å²) in [5, 5.41) is 9.79. The number of benzene rings is 2. The predicted octanol–water partition coefficient (Wildman–Crippen LogP) is 5.42. The molecule has 46 heavy (non-hydrogen) atoms. The number of hydrogen-bond donors (Lipinski definition) is 2. The molecular formula is C33H34F4N8O. The van der Waals surface area contributed by atoms with E-state index in [-0.39, 0.29) is 29.9 Å². The van der Waals surface area contributed by atoms with Crippen LogP contribution in [0.4, 0.5) is 34.9 Å². The van der Waals surface area contributed by atoms with Gasteiger partial charge in [-0.05, 0) is 56.3 Å². The Labute approximate surface area is 264 Å². The van der Waals surface area contributed by atoms with Gasteiger partial charge in [0.1, 0.15) is 6.67 Å². The molecule has 0 saturated carbocycles. The first kappa shape index (κ1) is 32.6. The second-order valence-electron chi connectivity index (χ2n) is 11.2. The van der Waals surface area contributed by atoms with Crippen molar-refractivity contribution >= 4 is 23.2 Å². The quantitative estimate of drug-likeness (QED) is 0.198. The molecule has 5 rings (SSSR count). The van der Waals surface area contributed by atoms with Crippen molar-refractivity contribution < 1.29 is 22.4 Å². The molecule has 2 aromatic carbocycles. The number of hydrogen-bond acceptors (Lipinski definition) is 7. The Kier molecular flexibility index (Phi) is 9.99. The van der Waals surface area contributed by atoms with E-state index in [1.807, 2.05) is 25.8 Å². The fourth-order valence-electron chi connectivity index (χ4n) is 5.00. The van der Waals surface area contributed by atoms with Crippen LogP contribution in [0.3, 0.4) is 0 Å². The lowest BCUT2D eigenvalue weighted by molar-refractivity contribution is -0.138. The molecule has 4 aromatic rings. The van der Waals surface area contributed by atoms with Gasteiger partial charge in [0.2, 0.25) is 5.95 Å². The number of carbonyl (C=O) groups is 1. The number of alkyl halides is 4. The average molecular weight is 635 g/mol. The minimum absolute atomic E-state index is 0.0588. The zero-order valence-corrected chi connectivity index (χ0v) is 25.7. The molecule has 9 nitrogen and oxygen atoms in total. The second-order valence-corrected chi connectivity index (χ2v) is 11.2. The summed E-state index contributed by atoms with van der Waals surface area (Å²) in [5.41, 5.74) is 3.06. The zero-order valence-electron chi connectivity index (χ0n) is 25.7. The highest BCUT2D eigenvalue weighted by molar-refractivity contribution is 6.04. The van der Waals surface area contributed by atoms with Gasteiger partial charge >= 0.3 is 6.18 Å². The van der Waals surface area contributed by atoms with Crippen molar-refractivity contribution in [2.75, 3.05) is 50.5 Å². The molecular weight excluding hydrogens is 600 g/mol. The van der Waals surface area contributed by atoms with E-state index in [9.17, 15) is 22.4 Å². The number of amides is 1. The molecule has 2 aromatic heterocycles. The molecule has 1 fully saturated rings. The summed E-state index contributed by atoms with van der Waals surface area (Å²) in [7, 11) is 1.99. The van der Waals surface area contributed by atoms with E-state index in [1.165, 1.54) is 12.1 Å². The molecule has 13 heteroatoms. The van der Waals surface area contributed by atoms with Crippen LogP contribution < -0.4 is 10.6 Å². The number of aryl methyl sites for hydroxylation is 2. The van der Waals surface area contributed by atoms with E-state index in [1.54, 1.807) is 41.5 Å². The maximum absolute atomic E-state index is 14.0. The van der Waals surface area contributed by atoms with Gasteiger partial charge in [0.15, 0.2) is 0 Å². The number of likely N-dealkylation sites (N-methyl/N-ethyl adjacent to an activating group) is 1. The van der Waals surface area contributed by atoms with E-state index < -0.39 is 24.3 Å². The van der Waals surface area contributed by atoms with Gasteiger partial charge in [0, 0.05) is 61.9 Å². The standard InChI is InChI=1S/C33H34F4N8O/c1-22-4-6-26(16-25(22)7-5-24-18-38-32(39-19-24)42-30-20-40-45(11-10-34)23(30)2)31(46)41-28-9-8-27(29(17-28)33(35,36)37)21-44-14-12-43(3)13-15-44/h4,6,8-9,16-20H,10-15,21H2,1-3H3,(H,41,46)(H,38,39,42). The second kappa shape index (κ2) is 14.1. The van der Waals surface area contributed by atoms with Gasteiger partial charge in [0.25, 0.3) is 5.91 Å². The molecule has 3 heterocycles. The molecule has 1 saturated heterocycles.